The molecule has 0 unspecified atom stereocenters. The minimum Gasteiger partial charge on any atom is -0.395 e. The average Bonchev–Trinajstić information content (AvgIpc) is 3.89. The van der Waals surface area contributed by atoms with Gasteiger partial charge in [-0.05, 0) is 76.2 Å². The average molecular weight is 939 g/mol. The fourth-order valence-electron chi connectivity index (χ4n) is 5.87. The van der Waals surface area contributed by atoms with E-state index >= 15 is 0 Å². The number of aliphatic hydroxyl groups is 2. The Morgan fingerprint density at radius 3 is 1.59 bits per heavy atom. The van der Waals surface area contributed by atoms with Gasteiger partial charge in [-0.15, -0.1) is 26.7 Å². The number of aliphatic hydroxyl groups excluding tert-OH is 2. The third-order valence-corrected chi connectivity index (χ3v) is 13.6. The van der Waals surface area contributed by atoms with E-state index in [2.05, 4.69) is 60.7 Å². The third kappa shape index (κ3) is 12.0. The molecule has 0 aliphatic rings. The molecule has 0 amide bonds. The van der Waals surface area contributed by atoms with Gasteiger partial charge in [0.05, 0.1) is 36.7 Å². The Kier molecular flexibility index (Phi) is 16.1. The Hall–Kier alpha value is -6.23. The van der Waals surface area contributed by atoms with Crippen molar-refractivity contribution in [2.24, 2.45) is 20.5 Å². The second-order valence-electron chi connectivity index (χ2n) is 12.8. The van der Waals surface area contributed by atoms with Crippen LogP contribution in [0.2, 0.25) is 0 Å². The number of anilines is 7. The third-order valence-electron chi connectivity index (χ3n) is 8.96. The van der Waals surface area contributed by atoms with Crippen LogP contribution in [0.1, 0.15) is 33.3 Å². The van der Waals surface area contributed by atoms with Crippen LogP contribution in [-0.4, -0.2) is 104 Å². The molecule has 63 heavy (non-hydrogen) atoms. The van der Waals surface area contributed by atoms with Crippen LogP contribution in [0.25, 0.3) is 4.85 Å². The highest BCUT2D eigenvalue weighted by Crippen LogP contribution is 2.42. The molecule has 0 spiro atoms. The van der Waals surface area contributed by atoms with Crippen molar-refractivity contribution in [3.8, 4) is 6.07 Å². The number of hydrogen-bond donors (Lipinski definition) is 6. The number of azo groups is 2. The Morgan fingerprint density at radius 2 is 1.16 bits per heavy atom. The number of aromatic nitrogens is 3. The normalized spacial score (nSPS) is 11.8. The van der Waals surface area contributed by atoms with E-state index in [1.807, 2.05) is 33.8 Å². The van der Waals surface area contributed by atoms with Crippen LogP contribution in [0.3, 0.4) is 0 Å². The van der Waals surface area contributed by atoms with E-state index < -0.39 is 28.7 Å². The van der Waals surface area contributed by atoms with E-state index in [9.17, 15) is 41.4 Å². The molecule has 5 aromatic rings. The summed E-state index contributed by atoms with van der Waals surface area (Å²) in [6.07, 6.45) is 0. The number of nitriles is 1. The summed E-state index contributed by atoms with van der Waals surface area (Å²) in [5.41, 5.74) is 2.38. The maximum absolute atomic E-state index is 11.8. The van der Waals surface area contributed by atoms with Gasteiger partial charge >= 0.3 is 20.2 Å². The Labute approximate surface area is 371 Å². The van der Waals surface area contributed by atoms with E-state index in [0.717, 1.165) is 23.5 Å². The molecule has 22 nitrogen and oxygen atoms in total. The highest BCUT2D eigenvalue weighted by molar-refractivity contribution is 7.88. The molecule has 0 saturated carbocycles. The molecule has 0 aliphatic heterocycles. The van der Waals surface area contributed by atoms with Crippen LogP contribution in [0.15, 0.2) is 77.4 Å². The molecular weight excluding hydrogens is 897 g/mol. The van der Waals surface area contributed by atoms with Gasteiger partial charge < -0.3 is 35.5 Å². The monoisotopic (exact) mass is 938 g/mol. The maximum atomic E-state index is 11.8. The summed E-state index contributed by atoms with van der Waals surface area (Å²) in [6, 6.07) is 14.3. The highest BCUT2D eigenvalue weighted by Gasteiger charge is 2.21. The molecule has 5 rings (SSSR count). The van der Waals surface area contributed by atoms with Crippen molar-refractivity contribution in [3.63, 3.8) is 0 Å². The van der Waals surface area contributed by atoms with Crippen LogP contribution in [0, 0.1) is 17.9 Å². The lowest BCUT2D eigenvalue weighted by Crippen LogP contribution is -2.31. The molecule has 2 aromatic carbocycles. The highest BCUT2D eigenvalue weighted by atomic mass is 32.3. The van der Waals surface area contributed by atoms with Crippen molar-refractivity contribution in [2.75, 3.05) is 77.8 Å². The van der Waals surface area contributed by atoms with Gasteiger partial charge in [0.25, 0.3) is 0 Å². The van der Waals surface area contributed by atoms with Crippen molar-refractivity contribution in [1.82, 2.24) is 15.0 Å². The maximum Gasteiger partial charge on any atom is 0.304 e. The van der Waals surface area contributed by atoms with E-state index in [1.54, 1.807) is 36.4 Å². The zero-order valence-electron chi connectivity index (χ0n) is 34.2. The first-order chi connectivity index (χ1) is 30.1. The summed E-state index contributed by atoms with van der Waals surface area (Å²) < 4.78 is 65.4. The van der Waals surface area contributed by atoms with E-state index in [0.29, 0.717) is 60.2 Å². The first kappa shape index (κ1) is 47.8. The predicted octanol–water partition coefficient (Wildman–Crippen LogP) is 7.71. The molecule has 0 bridgehead atoms. The van der Waals surface area contributed by atoms with Gasteiger partial charge in [-0.3, -0.25) is 9.11 Å². The lowest BCUT2D eigenvalue weighted by molar-refractivity contribution is 0.280. The zero-order valence-corrected chi connectivity index (χ0v) is 37.5. The van der Waals surface area contributed by atoms with Crippen LogP contribution in [0.5, 0.6) is 0 Å². The van der Waals surface area contributed by atoms with Crippen LogP contribution in [-0.2, 0) is 20.2 Å². The van der Waals surface area contributed by atoms with Crippen molar-refractivity contribution >= 4 is 111 Å². The summed E-state index contributed by atoms with van der Waals surface area (Å²) in [7, 11) is -9.23. The molecule has 0 saturated heterocycles. The van der Waals surface area contributed by atoms with Crippen molar-refractivity contribution < 1.29 is 36.2 Å². The van der Waals surface area contributed by atoms with E-state index in [1.165, 1.54) is 4.90 Å². The number of nitrogens with one attached hydrogen (secondary N) is 2. The summed E-state index contributed by atoms with van der Waals surface area (Å²) >= 11 is 1.14. The van der Waals surface area contributed by atoms with Crippen LogP contribution in [0.4, 0.5) is 67.7 Å². The SMILES string of the molecule is [C-]#[N+]c1cc(S(=O)(=O)O)sc1N=Nc1ccc(N(CC)CC)cc1Nc1nc(Nc2cc(N(CC)CC)ccc2N=Nc2sc(S(=O)(=O)O)cc2C#N)nc(N(CCO)CCO)n1. The van der Waals surface area contributed by atoms with E-state index in [-0.39, 0.29) is 76.8 Å². The number of rotatable bonds is 21. The second kappa shape index (κ2) is 21.2. The molecule has 0 atom stereocenters. The van der Waals surface area contributed by atoms with Gasteiger partial charge in [0.15, 0.2) is 5.00 Å². The second-order valence-corrected chi connectivity index (χ2v) is 18.2. The standard InChI is InChI=1S/C37H42N14O8S4/c1-6-49(7-2)24-10-12-26(45-47-33-23(22-38)18-31(60-33)62(54,55)56)28(19-24)40-35-42-36(44-37(43-35)51(14-16-52)15-17-53)41-29-20-25(50(8-3)9-4)11-13-27(29)46-48-34-30(39-5)21-32(61-34)63(57,58)59/h10-13,18-21,52-53H,6-9,14-17H2,1-4H3,(H,54,55,56)(H,57,58,59)(H2,40,41,42,43,44). The summed E-state index contributed by atoms with van der Waals surface area (Å²) in [4.78, 5) is 22.9. The van der Waals surface area contributed by atoms with Gasteiger partial charge in [-0.1, -0.05) is 11.3 Å². The van der Waals surface area contributed by atoms with Crippen LogP contribution < -0.4 is 25.3 Å². The van der Waals surface area contributed by atoms with Crippen molar-refractivity contribution in [2.45, 2.75) is 36.1 Å². The predicted molar refractivity (Wildman–Crippen MR) is 240 cm³/mol. The quantitative estimate of drug-likeness (QED) is 0.0233. The molecule has 3 aromatic heterocycles. The smallest absolute Gasteiger partial charge is 0.304 e. The largest absolute Gasteiger partial charge is 0.395 e. The van der Waals surface area contributed by atoms with Crippen molar-refractivity contribution in [1.29, 1.82) is 5.26 Å². The van der Waals surface area contributed by atoms with Gasteiger partial charge in [0, 0.05) is 50.6 Å². The number of hydrogen-bond acceptors (Lipinski definition) is 21. The molecule has 26 heteroatoms. The number of benzene rings is 2. The van der Waals surface area contributed by atoms with Gasteiger partial charge in [0.2, 0.25) is 23.5 Å². The molecule has 6 N–H and O–H groups in total. The first-order valence-corrected chi connectivity index (χ1v) is 23.5. The topological polar surface area (TPSA) is 299 Å². The minimum absolute atomic E-state index is 0.0284. The molecule has 0 radical (unpaired) electrons. The number of thiophene rings is 2. The molecule has 3 heterocycles. The molecule has 332 valence electrons. The van der Waals surface area contributed by atoms with Gasteiger partial charge in [-0.2, -0.15) is 42.2 Å². The number of nitrogens with zero attached hydrogens (tertiary/aromatic N) is 12. The fraction of sp³-hybridized carbons (Fsp3) is 0.324. The summed E-state index contributed by atoms with van der Waals surface area (Å²) in [6.45, 7) is 17.4. The minimum atomic E-state index is -4.62. The summed E-state index contributed by atoms with van der Waals surface area (Å²) in [5, 5.41) is 52.7. The Bertz CT molecular complexity index is 2610. The Morgan fingerprint density at radius 1 is 0.698 bits per heavy atom. The van der Waals surface area contributed by atoms with Gasteiger partial charge in [0.1, 0.15) is 30.9 Å². The molecule has 0 fully saturated rings. The van der Waals surface area contributed by atoms with E-state index in [4.69, 9.17) is 6.57 Å². The van der Waals surface area contributed by atoms with Crippen LogP contribution >= 0.6 is 22.7 Å². The van der Waals surface area contributed by atoms with Gasteiger partial charge in [-0.25, -0.2) is 4.85 Å². The zero-order chi connectivity index (χ0) is 45.9. The fourth-order valence-corrected chi connectivity index (χ4v) is 9.03. The Balaban J connectivity index is 1.66. The lowest BCUT2D eigenvalue weighted by atomic mass is 10.2. The summed E-state index contributed by atoms with van der Waals surface area (Å²) in [5.74, 6) is -0.0430. The molecule has 0 aliphatic carbocycles. The first-order valence-electron chi connectivity index (χ1n) is 19.0. The molecular formula is C37H42N14O8S4. The van der Waals surface area contributed by atoms with Crippen molar-refractivity contribution in [3.05, 3.63) is 65.5 Å². The lowest BCUT2D eigenvalue weighted by Gasteiger charge is -2.24.